The molecule has 0 fully saturated rings. The molecule has 124 valence electrons. The Kier molecular flexibility index (Phi) is 3.70. The molecule has 0 amide bonds. The van der Waals surface area contributed by atoms with Gasteiger partial charge in [0.05, 0.1) is 17.5 Å². The van der Waals surface area contributed by atoms with Gasteiger partial charge in [-0.3, -0.25) is 0 Å². The lowest BCUT2D eigenvalue weighted by molar-refractivity contribution is 0.573. The third-order valence-corrected chi connectivity index (χ3v) is 3.64. The minimum atomic E-state index is -0.296. The van der Waals surface area contributed by atoms with Crippen LogP contribution in [0.15, 0.2) is 59.6 Å². The average Bonchev–Trinajstić information content (AvgIpc) is 3.26. The third kappa shape index (κ3) is 2.97. The maximum atomic E-state index is 14.0. The van der Waals surface area contributed by atoms with Crippen molar-refractivity contribution in [3.05, 3.63) is 72.3 Å². The zero-order chi connectivity index (χ0) is 17.2. The van der Waals surface area contributed by atoms with E-state index in [4.69, 9.17) is 10.2 Å². The van der Waals surface area contributed by atoms with Gasteiger partial charge in [-0.05, 0) is 17.7 Å². The standard InChI is InChI=1S/C17H13FN6O/c18-13-4-2-1-3-11(13)9-14-12(16-20-7-8-25-16)10-24(23-14)17-21-6-5-15(19)22-17/h1-8,10H,9H2,(H2,19,21,22). The Hall–Kier alpha value is -3.55. The molecule has 8 heteroatoms. The number of nitrogens with zero attached hydrogens (tertiary/aromatic N) is 5. The number of hydrogen-bond acceptors (Lipinski definition) is 6. The number of nitrogen functional groups attached to an aromatic ring is 1. The highest BCUT2D eigenvalue weighted by Gasteiger charge is 2.18. The number of oxazole rings is 1. The summed E-state index contributed by atoms with van der Waals surface area (Å²) in [6.07, 6.45) is 6.52. The molecule has 0 atom stereocenters. The maximum Gasteiger partial charge on any atom is 0.252 e. The summed E-state index contributed by atoms with van der Waals surface area (Å²) in [7, 11) is 0. The summed E-state index contributed by atoms with van der Waals surface area (Å²) < 4.78 is 20.9. The molecule has 0 unspecified atom stereocenters. The first kappa shape index (κ1) is 15.0. The summed E-state index contributed by atoms with van der Waals surface area (Å²) >= 11 is 0. The lowest BCUT2D eigenvalue weighted by Crippen LogP contribution is -2.04. The molecule has 25 heavy (non-hydrogen) atoms. The Morgan fingerprint density at radius 1 is 1.12 bits per heavy atom. The molecule has 0 aliphatic rings. The first-order chi connectivity index (χ1) is 12.2. The van der Waals surface area contributed by atoms with Crippen LogP contribution in [0.2, 0.25) is 0 Å². The van der Waals surface area contributed by atoms with E-state index in [1.165, 1.54) is 23.2 Å². The van der Waals surface area contributed by atoms with Crippen LogP contribution in [-0.2, 0) is 6.42 Å². The SMILES string of the molecule is Nc1ccnc(-n2cc(-c3ncco3)c(Cc3ccccc3F)n2)n1. The van der Waals surface area contributed by atoms with E-state index in [2.05, 4.69) is 20.1 Å². The normalized spacial score (nSPS) is 10.9. The fourth-order valence-electron chi connectivity index (χ4n) is 2.47. The van der Waals surface area contributed by atoms with Gasteiger partial charge in [-0.15, -0.1) is 0 Å². The Balaban J connectivity index is 1.80. The first-order valence-electron chi connectivity index (χ1n) is 7.51. The highest BCUT2D eigenvalue weighted by molar-refractivity contribution is 5.57. The quantitative estimate of drug-likeness (QED) is 0.615. The molecule has 0 spiro atoms. The van der Waals surface area contributed by atoms with Crippen LogP contribution in [0, 0.1) is 5.82 Å². The first-order valence-corrected chi connectivity index (χ1v) is 7.51. The minimum Gasteiger partial charge on any atom is -0.444 e. The zero-order valence-corrected chi connectivity index (χ0v) is 13.0. The van der Waals surface area contributed by atoms with Crippen molar-refractivity contribution in [3.8, 4) is 17.4 Å². The molecule has 0 saturated heterocycles. The molecule has 0 aliphatic carbocycles. The van der Waals surface area contributed by atoms with Crippen LogP contribution in [0.4, 0.5) is 10.2 Å². The lowest BCUT2D eigenvalue weighted by Gasteiger charge is -2.02. The molecule has 4 aromatic rings. The fraction of sp³-hybridized carbons (Fsp3) is 0.0588. The second-order valence-electron chi connectivity index (χ2n) is 5.32. The van der Waals surface area contributed by atoms with E-state index in [0.29, 0.717) is 34.5 Å². The van der Waals surface area contributed by atoms with Crippen molar-refractivity contribution in [1.29, 1.82) is 0 Å². The summed E-state index contributed by atoms with van der Waals surface area (Å²) in [4.78, 5) is 12.5. The van der Waals surface area contributed by atoms with Gasteiger partial charge < -0.3 is 10.2 Å². The molecule has 0 bridgehead atoms. The molecule has 0 saturated carbocycles. The zero-order valence-electron chi connectivity index (χ0n) is 13.0. The Morgan fingerprint density at radius 2 is 2.00 bits per heavy atom. The topological polar surface area (TPSA) is 95.7 Å². The molecule has 7 nitrogen and oxygen atoms in total. The van der Waals surface area contributed by atoms with E-state index >= 15 is 0 Å². The molecule has 1 aromatic carbocycles. The van der Waals surface area contributed by atoms with Gasteiger partial charge >= 0.3 is 0 Å². The van der Waals surface area contributed by atoms with Crippen LogP contribution in [-0.4, -0.2) is 24.7 Å². The number of rotatable bonds is 4. The van der Waals surface area contributed by atoms with Crippen LogP contribution >= 0.6 is 0 Å². The van der Waals surface area contributed by atoms with Crippen molar-refractivity contribution in [2.75, 3.05) is 5.73 Å². The Bertz CT molecular complexity index is 1010. The van der Waals surface area contributed by atoms with Crippen molar-refractivity contribution < 1.29 is 8.81 Å². The van der Waals surface area contributed by atoms with Gasteiger partial charge in [0.25, 0.3) is 5.95 Å². The predicted molar refractivity (Wildman–Crippen MR) is 88.3 cm³/mol. The van der Waals surface area contributed by atoms with Crippen LogP contribution in [0.25, 0.3) is 17.4 Å². The highest BCUT2D eigenvalue weighted by Crippen LogP contribution is 2.25. The van der Waals surface area contributed by atoms with Crippen LogP contribution < -0.4 is 5.73 Å². The third-order valence-electron chi connectivity index (χ3n) is 3.64. The van der Waals surface area contributed by atoms with E-state index in [1.807, 2.05) is 0 Å². The number of nitrogens with two attached hydrogens (primary N) is 1. The highest BCUT2D eigenvalue weighted by atomic mass is 19.1. The largest absolute Gasteiger partial charge is 0.444 e. The van der Waals surface area contributed by atoms with Gasteiger partial charge in [0, 0.05) is 18.8 Å². The lowest BCUT2D eigenvalue weighted by atomic mass is 10.1. The maximum absolute atomic E-state index is 14.0. The predicted octanol–water partition coefficient (Wildman–Crippen LogP) is 2.63. The summed E-state index contributed by atoms with van der Waals surface area (Å²) in [6.45, 7) is 0. The average molecular weight is 336 g/mol. The van der Waals surface area contributed by atoms with Crippen molar-refractivity contribution in [3.63, 3.8) is 0 Å². The molecule has 4 rings (SSSR count). The Labute approximate surface area is 142 Å². The fourth-order valence-corrected chi connectivity index (χ4v) is 2.47. The van der Waals surface area contributed by atoms with E-state index in [-0.39, 0.29) is 12.2 Å². The van der Waals surface area contributed by atoms with Crippen LogP contribution in [0.5, 0.6) is 0 Å². The van der Waals surface area contributed by atoms with Gasteiger partial charge in [0.15, 0.2) is 0 Å². The van der Waals surface area contributed by atoms with Crippen molar-refractivity contribution in [2.45, 2.75) is 6.42 Å². The second kappa shape index (κ2) is 6.16. The smallest absolute Gasteiger partial charge is 0.252 e. The van der Waals surface area contributed by atoms with E-state index < -0.39 is 0 Å². The van der Waals surface area contributed by atoms with Gasteiger partial charge in [0.1, 0.15) is 17.9 Å². The van der Waals surface area contributed by atoms with Gasteiger partial charge in [-0.1, -0.05) is 18.2 Å². The number of anilines is 1. The van der Waals surface area contributed by atoms with E-state index in [1.54, 1.807) is 36.7 Å². The molecule has 3 heterocycles. The van der Waals surface area contributed by atoms with Crippen molar-refractivity contribution in [2.24, 2.45) is 0 Å². The summed E-state index contributed by atoms with van der Waals surface area (Å²) in [5, 5.41) is 4.48. The van der Waals surface area contributed by atoms with Crippen molar-refractivity contribution >= 4 is 5.82 Å². The van der Waals surface area contributed by atoms with Gasteiger partial charge in [0.2, 0.25) is 5.89 Å². The van der Waals surface area contributed by atoms with Gasteiger partial charge in [-0.25, -0.2) is 19.0 Å². The number of benzene rings is 1. The van der Waals surface area contributed by atoms with Crippen LogP contribution in [0.3, 0.4) is 0 Å². The molecule has 0 aliphatic heterocycles. The molecular formula is C17H13FN6O. The number of hydrogen-bond donors (Lipinski definition) is 1. The molecule has 0 radical (unpaired) electrons. The molecule has 2 N–H and O–H groups in total. The van der Waals surface area contributed by atoms with Crippen molar-refractivity contribution in [1.82, 2.24) is 24.7 Å². The van der Waals surface area contributed by atoms with E-state index in [9.17, 15) is 4.39 Å². The second-order valence-corrected chi connectivity index (χ2v) is 5.32. The Morgan fingerprint density at radius 3 is 2.76 bits per heavy atom. The summed E-state index contributed by atoms with van der Waals surface area (Å²) in [5.74, 6) is 0.735. The van der Waals surface area contributed by atoms with Crippen LogP contribution in [0.1, 0.15) is 11.3 Å². The van der Waals surface area contributed by atoms with Gasteiger partial charge in [-0.2, -0.15) is 10.1 Å². The number of halogens is 1. The van der Waals surface area contributed by atoms with E-state index in [0.717, 1.165) is 0 Å². The minimum absolute atomic E-state index is 0.277. The number of aromatic nitrogens is 5. The monoisotopic (exact) mass is 336 g/mol. The summed E-state index contributed by atoms with van der Waals surface area (Å²) in [6, 6.07) is 8.14. The molecule has 3 aromatic heterocycles. The summed E-state index contributed by atoms with van der Waals surface area (Å²) in [5.41, 5.74) is 7.46. The molecular weight excluding hydrogens is 323 g/mol.